The van der Waals surface area contributed by atoms with Gasteiger partial charge < -0.3 is 16.0 Å². The quantitative estimate of drug-likeness (QED) is 0.238. The molecule has 0 saturated heterocycles. The molecule has 1 saturated carbocycles. The molecular weight excluding hydrogens is 511 g/mol. The lowest BCUT2D eigenvalue weighted by Crippen LogP contribution is -2.34. The van der Waals surface area contributed by atoms with Crippen LogP contribution in [0.25, 0.3) is 11.1 Å². The van der Waals surface area contributed by atoms with Crippen molar-refractivity contribution >= 4 is 35.3 Å². The molecule has 4 N–H and O–H groups in total. The Morgan fingerprint density at radius 1 is 1.03 bits per heavy atom. The summed E-state index contributed by atoms with van der Waals surface area (Å²) in [5, 5.41) is 9.83. The highest BCUT2D eigenvalue weighted by Crippen LogP contribution is 2.48. The second-order valence-electron chi connectivity index (χ2n) is 9.86. The van der Waals surface area contributed by atoms with Crippen LogP contribution >= 0.6 is 11.9 Å². The third-order valence-corrected chi connectivity index (χ3v) is 7.93. The summed E-state index contributed by atoms with van der Waals surface area (Å²) in [6.45, 7) is 2.04. The summed E-state index contributed by atoms with van der Waals surface area (Å²) in [6.07, 6.45) is 4.25. The maximum atomic E-state index is 13.7. The number of nitrogens with one attached hydrogen (secondary N) is 4. The van der Waals surface area contributed by atoms with E-state index in [1.54, 1.807) is 18.0 Å². The molecule has 39 heavy (non-hydrogen) atoms. The Kier molecular flexibility index (Phi) is 7.17. The molecule has 0 radical (unpaired) electrons. The Labute approximate surface area is 231 Å². The molecule has 6 rings (SSSR count). The molecule has 2 heterocycles. The number of amides is 1. The molecule has 0 unspecified atom stereocenters. The summed E-state index contributed by atoms with van der Waals surface area (Å²) < 4.78 is 17.1. The van der Waals surface area contributed by atoms with Crippen LogP contribution in [-0.2, 0) is 16.8 Å². The van der Waals surface area contributed by atoms with Gasteiger partial charge in [-0.25, -0.2) is 9.37 Å². The first kappa shape index (κ1) is 25.3. The number of hydrogen-bond acceptors (Lipinski definition) is 7. The average molecular weight is 541 g/mol. The minimum atomic E-state index is -0.606. The van der Waals surface area contributed by atoms with E-state index in [4.69, 9.17) is 4.98 Å². The molecule has 1 aliphatic carbocycles. The molecule has 9 heteroatoms. The van der Waals surface area contributed by atoms with Gasteiger partial charge in [0.1, 0.15) is 11.6 Å². The van der Waals surface area contributed by atoms with Crippen LogP contribution in [-0.4, -0.2) is 29.0 Å². The number of fused-ring (bicyclic) bond motifs is 4. The van der Waals surface area contributed by atoms with E-state index in [1.165, 1.54) is 12.1 Å². The monoisotopic (exact) mass is 540 g/mol. The van der Waals surface area contributed by atoms with Gasteiger partial charge in [0.25, 0.3) is 0 Å². The highest BCUT2D eigenvalue weighted by molar-refractivity contribution is 7.97. The number of hydrogen-bond donors (Lipinski definition) is 4. The van der Waals surface area contributed by atoms with Crippen LogP contribution in [0.1, 0.15) is 30.4 Å². The highest BCUT2D eigenvalue weighted by Gasteiger charge is 2.51. The van der Waals surface area contributed by atoms with E-state index in [0.29, 0.717) is 12.5 Å². The third-order valence-electron chi connectivity index (χ3n) is 7.10. The number of carbonyl (C=O) groups excluding carboxylic acids is 1. The number of nitrogens with zero attached hydrogens (tertiary/aromatic N) is 2. The Morgan fingerprint density at radius 2 is 1.87 bits per heavy atom. The number of carbonyl (C=O) groups is 1. The molecule has 2 aliphatic rings. The van der Waals surface area contributed by atoms with Crippen molar-refractivity contribution < 1.29 is 9.18 Å². The standard InChI is InChI=1S/C30H29FN6OS/c31-23-5-1-4-22(16-23)30(12-13-30)28(38)33-18-20-8-10-21(11-9-20)26-19-34-29-36-24-6-2-7-25(17-24)39-35-15-3-14-32-27(26)37-29/h1-2,4-11,16-17,19,35H,3,12-15,18H2,(H,33,38)(H2,32,34,36,37). The number of aromatic nitrogens is 2. The normalized spacial score (nSPS) is 15.9. The fourth-order valence-electron chi connectivity index (χ4n) is 4.77. The van der Waals surface area contributed by atoms with E-state index in [9.17, 15) is 9.18 Å². The fourth-order valence-corrected chi connectivity index (χ4v) is 5.51. The smallest absolute Gasteiger partial charge is 0.230 e. The lowest BCUT2D eigenvalue weighted by atomic mass is 9.95. The van der Waals surface area contributed by atoms with Crippen molar-refractivity contribution in [2.45, 2.75) is 36.1 Å². The molecule has 198 valence electrons. The lowest BCUT2D eigenvalue weighted by molar-refractivity contribution is -0.123. The fraction of sp³-hybridized carbons (Fsp3) is 0.233. The van der Waals surface area contributed by atoms with Crippen molar-refractivity contribution in [2.75, 3.05) is 23.7 Å². The van der Waals surface area contributed by atoms with Crippen molar-refractivity contribution in [2.24, 2.45) is 0 Å². The van der Waals surface area contributed by atoms with E-state index in [1.807, 2.05) is 48.7 Å². The minimum Gasteiger partial charge on any atom is -0.369 e. The zero-order valence-corrected chi connectivity index (χ0v) is 22.2. The zero-order chi connectivity index (χ0) is 26.7. The maximum absolute atomic E-state index is 13.7. The number of benzene rings is 3. The van der Waals surface area contributed by atoms with E-state index in [-0.39, 0.29) is 11.7 Å². The summed E-state index contributed by atoms with van der Waals surface area (Å²) in [7, 11) is 0. The number of anilines is 3. The van der Waals surface area contributed by atoms with Crippen molar-refractivity contribution in [3.8, 4) is 11.1 Å². The summed E-state index contributed by atoms with van der Waals surface area (Å²) >= 11 is 1.62. The predicted octanol–water partition coefficient (Wildman–Crippen LogP) is 5.79. The Bertz CT molecular complexity index is 1490. The van der Waals surface area contributed by atoms with Crippen LogP contribution in [0.5, 0.6) is 0 Å². The van der Waals surface area contributed by atoms with Crippen LogP contribution in [0, 0.1) is 5.82 Å². The Balaban J connectivity index is 1.16. The van der Waals surface area contributed by atoms with Gasteiger partial charge >= 0.3 is 0 Å². The molecule has 7 nitrogen and oxygen atoms in total. The molecule has 4 aromatic rings. The lowest BCUT2D eigenvalue weighted by Gasteiger charge is -2.16. The van der Waals surface area contributed by atoms with Gasteiger partial charge in [-0.15, -0.1) is 0 Å². The summed E-state index contributed by atoms with van der Waals surface area (Å²) in [6, 6.07) is 22.6. The van der Waals surface area contributed by atoms with E-state index in [2.05, 4.69) is 37.8 Å². The van der Waals surface area contributed by atoms with Crippen molar-refractivity contribution in [3.63, 3.8) is 0 Å². The van der Waals surface area contributed by atoms with Gasteiger partial charge in [0.15, 0.2) is 0 Å². The molecule has 3 aromatic carbocycles. The van der Waals surface area contributed by atoms with Gasteiger partial charge in [-0.1, -0.05) is 42.5 Å². The summed E-state index contributed by atoms with van der Waals surface area (Å²) in [5.74, 6) is 0.930. The zero-order valence-electron chi connectivity index (χ0n) is 21.3. The second-order valence-corrected chi connectivity index (χ2v) is 10.8. The van der Waals surface area contributed by atoms with Crippen LogP contribution in [0.3, 0.4) is 0 Å². The van der Waals surface area contributed by atoms with Gasteiger partial charge in [0.05, 0.1) is 5.41 Å². The first-order valence-corrected chi connectivity index (χ1v) is 13.9. The SMILES string of the molecule is O=C(NCc1ccc(-c2cnc3nc2NCCCNSc2cccc(c2)N3)cc1)C1(c2cccc(F)c2)CC1. The van der Waals surface area contributed by atoms with E-state index in [0.717, 1.165) is 71.0 Å². The molecule has 1 aromatic heterocycles. The Morgan fingerprint density at radius 3 is 2.69 bits per heavy atom. The van der Waals surface area contributed by atoms with Gasteiger partial charge in [-0.3, -0.25) is 9.52 Å². The molecule has 4 bridgehead atoms. The predicted molar refractivity (Wildman–Crippen MR) is 153 cm³/mol. The van der Waals surface area contributed by atoms with Crippen LogP contribution in [0.4, 0.5) is 21.8 Å². The maximum Gasteiger partial charge on any atom is 0.230 e. The molecule has 1 fully saturated rings. The molecule has 1 amide bonds. The summed E-state index contributed by atoms with van der Waals surface area (Å²) in [4.78, 5) is 23.5. The van der Waals surface area contributed by atoms with Crippen molar-refractivity contribution in [1.82, 2.24) is 20.0 Å². The highest BCUT2D eigenvalue weighted by atomic mass is 32.2. The number of halogens is 1. The minimum absolute atomic E-state index is 0.0532. The van der Waals surface area contributed by atoms with E-state index >= 15 is 0 Å². The molecular formula is C30H29FN6OS. The van der Waals surface area contributed by atoms with Crippen molar-refractivity contribution in [3.05, 3.63) is 95.9 Å². The van der Waals surface area contributed by atoms with Gasteiger partial charge in [-0.05, 0) is 78.2 Å². The van der Waals surface area contributed by atoms with Crippen molar-refractivity contribution in [1.29, 1.82) is 0 Å². The van der Waals surface area contributed by atoms with Gasteiger partial charge in [0, 0.05) is 42.0 Å². The second kappa shape index (κ2) is 11.0. The third kappa shape index (κ3) is 5.74. The van der Waals surface area contributed by atoms with Crippen LogP contribution in [0.2, 0.25) is 0 Å². The van der Waals surface area contributed by atoms with E-state index < -0.39 is 5.41 Å². The first-order chi connectivity index (χ1) is 19.1. The molecule has 0 atom stereocenters. The topological polar surface area (TPSA) is 91.0 Å². The average Bonchev–Trinajstić information content (AvgIpc) is 3.76. The molecule has 0 spiro atoms. The largest absolute Gasteiger partial charge is 0.369 e. The van der Waals surface area contributed by atoms with Crippen LogP contribution < -0.4 is 20.7 Å². The Hall–Kier alpha value is -3.95. The molecule has 1 aliphatic heterocycles. The number of rotatable bonds is 5. The van der Waals surface area contributed by atoms with Gasteiger partial charge in [-0.2, -0.15) is 4.98 Å². The first-order valence-electron chi connectivity index (χ1n) is 13.1. The summed E-state index contributed by atoms with van der Waals surface area (Å²) in [5.41, 5.74) is 3.94. The van der Waals surface area contributed by atoms with Gasteiger partial charge in [0.2, 0.25) is 11.9 Å². The van der Waals surface area contributed by atoms with Crippen LogP contribution in [0.15, 0.2) is 83.9 Å².